The number of nitrogens with zero attached hydrogens (tertiary/aromatic N) is 2. The summed E-state index contributed by atoms with van der Waals surface area (Å²) >= 11 is 13.3. The number of carbonyl (C=O) groups is 2. The highest BCUT2D eigenvalue weighted by molar-refractivity contribution is 7.14. The topological polar surface area (TPSA) is 94.3 Å². The van der Waals surface area contributed by atoms with Crippen LogP contribution in [0.4, 0.5) is 5.13 Å². The van der Waals surface area contributed by atoms with E-state index in [1.165, 1.54) is 18.3 Å². The molecule has 1 N–H and O–H groups in total. The third kappa shape index (κ3) is 4.97. The number of thiazole rings is 1. The third-order valence-electron chi connectivity index (χ3n) is 5.27. The second kappa shape index (κ2) is 10.1. The molecule has 2 aromatic heterocycles. The van der Waals surface area contributed by atoms with Crippen molar-refractivity contribution in [2.45, 2.75) is 13.0 Å². The maximum absolute atomic E-state index is 13.0. The average molecular weight is 538 g/mol. The maximum Gasteiger partial charge on any atom is 0.339 e. The smallest absolute Gasteiger partial charge is 0.339 e. The van der Waals surface area contributed by atoms with Crippen molar-refractivity contribution >= 4 is 62.6 Å². The number of fused-ring (bicyclic) bond motifs is 1. The van der Waals surface area contributed by atoms with Crippen LogP contribution in [0.5, 0.6) is 0 Å². The number of para-hydroxylation sites is 2. The Bertz CT molecular complexity index is 1560. The number of benzene rings is 3. The van der Waals surface area contributed by atoms with Gasteiger partial charge in [-0.15, -0.1) is 11.3 Å². The summed E-state index contributed by atoms with van der Waals surface area (Å²) in [4.78, 5) is 34.5. The van der Waals surface area contributed by atoms with Crippen LogP contribution in [0.25, 0.3) is 33.8 Å². The van der Waals surface area contributed by atoms with Crippen LogP contribution in [-0.4, -0.2) is 27.9 Å². The molecule has 0 bridgehead atoms. The summed E-state index contributed by atoms with van der Waals surface area (Å²) in [6, 6.07) is 19.3. The van der Waals surface area contributed by atoms with Gasteiger partial charge in [0, 0.05) is 10.9 Å². The van der Waals surface area contributed by atoms with Crippen molar-refractivity contribution in [3.63, 3.8) is 0 Å². The minimum absolute atomic E-state index is 0.236. The van der Waals surface area contributed by atoms with E-state index in [0.717, 1.165) is 5.56 Å². The number of rotatable bonds is 6. The quantitative estimate of drug-likeness (QED) is 0.232. The van der Waals surface area contributed by atoms with Gasteiger partial charge in [-0.1, -0.05) is 53.5 Å². The number of hydrogen-bond acceptors (Lipinski definition) is 7. The molecule has 10 heteroatoms. The van der Waals surface area contributed by atoms with E-state index < -0.39 is 18.0 Å². The highest BCUT2D eigenvalue weighted by atomic mass is 35.5. The third-order valence-corrected chi connectivity index (χ3v) is 6.77. The van der Waals surface area contributed by atoms with Crippen LogP contribution < -0.4 is 5.32 Å². The lowest BCUT2D eigenvalue weighted by molar-refractivity contribution is -0.123. The molecule has 0 radical (unpaired) electrons. The molecule has 5 rings (SSSR count). The van der Waals surface area contributed by atoms with Crippen molar-refractivity contribution < 1.29 is 18.7 Å². The molecule has 1 amide bonds. The van der Waals surface area contributed by atoms with Crippen LogP contribution in [0, 0.1) is 0 Å². The zero-order valence-electron chi connectivity index (χ0n) is 18.7. The molecule has 5 aromatic rings. The molecule has 1 atom stereocenters. The van der Waals surface area contributed by atoms with Crippen molar-refractivity contribution in [2.24, 2.45) is 0 Å². The van der Waals surface area contributed by atoms with Gasteiger partial charge >= 0.3 is 5.97 Å². The molecule has 3 aromatic carbocycles. The molecule has 0 saturated carbocycles. The normalized spacial score (nSPS) is 11.9. The molecule has 7 nitrogen and oxygen atoms in total. The van der Waals surface area contributed by atoms with Gasteiger partial charge in [-0.2, -0.15) is 0 Å². The SMILES string of the molecule is CC(OC(=O)c1ccccc1-c1nc2ccccc2o1)C(=O)Nc1nc(-c2ccc(Cl)c(Cl)c2)cs1. The van der Waals surface area contributed by atoms with E-state index in [9.17, 15) is 9.59 Å². The first-order chi connectivity index (χ1) is 17.4. The molecular weight excluding hydrogens is 521 g/mol. The predicted molar refractivity (Wildman–Crippen MR) is 141 cm³/mol. The Hall–Kier alpha value is -3.72. The van der Waals surface area contributed by atoms with E-state index in [-0.39, 0.29) is 5.56 Å². The number of carbonyl (C=O) groups excluding carboxylic acids is 2. The molecular formula is C26H17Cl2N3O4S. The fourth-order valence-electron chi connectivity index (χ4n) is 3.44. The second-order valence-electron chi connectivity index (χ2n) is 7.74. The Morgan fingerprint density at radius 1 is 1.00 bits per heavy atom. The van der Waals surface area contributed by atoms with Gasteiger partial charge in [0.05, 0.1) is 26.9 Å². The van der Waals surface area contributed by atoms with Crippen LogP contribution in [0.2, 0.25) is 10.0 Å². The lowest BCUT2D eigenvalue weighted by Gasteiger charge is -2.13. The van der Waals surface area contributed by atoms with Gasteiger partial charge in [0.2, 0.25) is 5.89 Å². The molecule has 0 fully saturated rings. The van der Waals surface area contributed by atoms with Crippen LogP contribution in [-0.2, 0) is 9.53 Å². The van der Waals surface area contributed by atoms with Crippen LogP contribution in [0.3, 0.4) is 0 Å². The van der Waals surface area contributed by atoms with E-state index in [1.807, 2.05) is 18.2 Å². The summed E-state index contributed by atoms with van der Waals surface area (Å²) in [5.41, 5.74) is 3.37. The van der Waals surface area contributed by atoms with Crippen LogP contribution in [0.1, 0.15) is 17.3 Å². The fourth-order valence-corrected chi connectivity index (χ4v) is 4.46. The van der Waals surface area contributed by atoms with Gasteiger partial charge < -0.3 is 9.15 Å². The summed E-state index contributed by atoms with van der Waals surface area (Å²) < 4.78 is 11.3. The summed E-state index contributed by atoms with van der Waals surface area (Å²) in [6.07, 6.45) is -1.08. The number of amides is 1. The first-order valence-corrected chi connectivity index (χ1v) is 12.4. The summed E-state index contributed by atoms with van der Waals surface area (Å²) in [6.45, 7) is 1.49. The summed E-state index contributed by atoms with van der Waals surface area (Å²) in [5, 5.41) is 5.67. The summed E-state index contributed by atoms with van der Waals surface area (Å²) in [7, 11) is 0. The zero-order valence-corrected chi connectivity index (χ0v) is 21.0. The number of halogens is 2. The Morgan fingerprint density at radius 3 is 2.58 bits per heavy atom. The molecule has 2 heterocycles. The van der Waals surface area contributed by atoms with Crippen molar-refractivity contribution in [3.05, 3.63) is 87.7 Å². The first-order valence-electron chi connectivity index (χ1n) is 10.8. The Kier molecular flexibility index (Phi) is 6.73. The molecule has 0 aliphatic carbocycles. The van der Waals surface area contributed by atoms with Gasteiger partial charge in [0.1, 0.15) is 5.52 Å². The van der Waals surface area contributed by atoms with Gasteiger partial charge in [-0.05, 0) is 43.3 Å². The number of nitrogens with one attached hydrogen (secondary N) is 1. The van der Waals surface area contributed by atoms with Crippen molar-refractivity contribution in [1.29, 1.82) is 0 Å². The number of hydrogen-bond donors (Lipinski definition) is 1. The molecule has 0 spiro atoms. The van der Waals surface area contributed by atoms with E-state index in [0.29, 0.717) is 43.4 Å². The van der Waals surface area contributed by atoms with E-state index in [4.69, 9.17) is 32.4 Å². The van der Waals surface area contributed by atoms with Crippen molar-refractivity contribution in [2.75, 3.05) is 5.32 Å². The van der Waals surface area contributed by atoms with E-state index in [1.54, 1.807) is 53.9 Å². The van der Waals surface area contributed by atoms with E-state index in [2.05, 4.69) is 15.3 Å². The predicted octanol–water partition coefficient (Wildman–Crippen LogP) is 7.11. The fraction of sp³-hybridized carbons (Fsp3) is 0.0769. The Balaban J connectivity index is 1.28. The van der Waals surface area contributed by atoms with Crippen LogP contribution in [0.15, 0.2) is 76.5 Å². The largest absolute Gasteiger partial charge is 0.449 e. The van der Waals surface area contributed by atoms with Crippen molar-refractivity contribution in [3.8, 4) is 22.7 Å². The highest BCUT2D eigenvalue weighted by Gasteiger charge is 2.23. The Labute approximate surface area is 219 Å². The molecule has 0 aliphatic rings. The number of anilines is 1. The number of esters is 1. The maximum atomic E-state index is 13.0. The average Bonchev–Trinajstić information content (AvgIpc) is 3.53. The minimum atomic E-state index is -1.08. The van der Waals surface area contributed by atoms with Crippen LogP contribution >= 0.6 is 34.5 Å². The molecule has 1 unspecified atom stereocenters. The molecule has 0 saturated heterocycles. The number of ether oxygens (including phenoxy) is 1. The number of oxazole rings is 1. The lowest BCUT2D eigenvalue weighted by atomic mass is 10.1. The van der Waals surface area contributed by atoms with Crippen molar-refractivity contribution in [1.82, 2.24) is 9.97 Å². The standard InChI is InChI=1S/C26H17Cl2N3O4S/c1-14(23(32)31-26-30-21(13-36-26)15-10-11-18(27)19(28)12-15)34-25(33)17-7-3-2-6-16(17)24-29-20-8-4-5-9-22(20)35-24/h2-14H,1H3,(H,30,31,32). The lowest BCUT2D eigenvalue weighted by Crippen LogP contribution is -2.30. The van der Waals surface area contributed by atoms with Gasteiger partial charge in [0.25, 0.3) is 5.91 Å². The van der Waals surface area contributed by atoms with Gasteiger partial charge in [-0.25, -0.2) is 14.8 Å². The monoisotopic (exact) mass is 537 g/mol. The second-order valence-corrected chi connectivity index (χ2v) is 9.41. The Morgan fingerprint density at radius 2 is 1.78 bits per heavy atom. The minimum Gasteiger partial charge on any atom is -0.449 e. The van der Waals surface area contributed by atoms with Gasteiger partial charge in [-0.3, -0.25) is 10.1 Å². The first kappa shape index (κ1) is 24.0. The molecule has 0 aliphatic heterocycles. The molecule has 36 heavy (non-hydrogen) atoms. The zero-order chi connectivity index (χ0) is 25.2. The van der Waals surface area contributed by atoms with Gasteiger partial charge in [0.15, 0.2) is 16.8 Å². The summed E-state index contributed by atoms with van der Waals surface area (Å²) in [5.74, 6) is -0.901. The molecule has 180 valence electrons. The highest BCUT2D eigenvalue weighted by Crippen LogP contribution is 2.31. The number of aromatic nitrogens is 2. The van der Waals surface area contributed by atoms with E-state index >= 15 is 0 Å².